The van der Waals surface area contributed by atoms with Crippen molar-refractivity contribution >= 4 is 19.8 Å². The summed E-state index contributed by atoms with van der Waals surface area (Å²) in [7, 11) is -4.79. The Morgan fingerprint density at radius 1 is 0.604 bits per heavy atom. The number of esters is 2. The summed E-state index contributed by atoms with van der Waals surface area (Å²) in [6, 6.07) is 0. The molecule has 1 rings (SSSR count). The highest BCUT2D eigenvalue weighted by molar-refractivity contribution is 7.46. The van der Waals surface area contributed by atoms with Crippen molar-refractivity contribution in [3.8, 4) is 0 Å². The molecule has 0 aromatic heterocycles. The summed E-state index contributed by atoms with van der Waals surface area (Å²) in [6.45, 7) is 3.51. The van der Waals surface area contributed by atoms with Crippen LogP contribution < -0.4 is 0 Å². The molecular weight excluding hydrogens is 691 g/mol. The molecule has 0 bridgehead atoms. The van der Waals surface area contributed by atoms with Gasteiger partial charge in [-0.2, -0.15) is 0 Å². The van der Waals surface area contributed by atoms with Gasteiger partial charge in [0.15, 0.2) is 6.10 Å². The molecule has 0 amide bonds. The lowest BCUT2D eigenvalue weighted by molar-refractivity contribution is -0.161. The van der Waals surface area contributed by atoms with Gasteiger partial charge in [0.1, 0.15) is 6.61 Å². The number of rotatable bonds is 34. The first kappa shape index (κ1) is 48.2. The van der Waals surface area contributed by atoms with Crippen LogP contribution in [-0.2, 0) is 32.9 Å². The molecule has 1 saturated heterocycles. The van der Waals surface area contributed by atoms with Crippen LogP contribution in [-0.4, -0.2) is 53.3 Å². The summed E-state index contributed by atoms with van der Waals surface area (Å²) >= 11 is 0. The van der Waals surface area contributed by atoms with Crippen LogP contribution in [0.3, 0.4) is 0 Å². The molecule has 2 unspecified atom stereocenters. The van der Waals surface area contributed by atoms with Gasteiger partial charge in [0.2, 0.25) is 0 Å². The fourth-order valence-corrected chi connectivity index (χ4v) is 5.58. The molecule has 0 aromatic rings. The molecule has 1 aliphatic rings. The summed E-state index contributed by atoms with van der Waals surface area (Å²) in [5, 5.41) is 0. The van der Waals surface area contributed by atoms with Crippen molar-refractivity contribution in [3.63, 3.8) is 0 Å². The van der Waals surface area contributed by atoms with Crippen molar-refractivity contribution in [1.29, 1.82) is 0 Å². The first-order valence-corrected chi connectivity index (χ1v) is 21.5. The predicted molar refractivity (Wildman–Crippen MR) is 215 cm³/mol. The number of carbonyl (C=O) groups excluding carboxylic acids is 2. The molecule has 1 fully saturated rings. The molecular formula is C43H69O9P. The van der Waals surface area contributed by atoms with Crippen LogP contribution in [0, 0.1) is 0 Å². The van der Waals surface area contributed by atoms with Crippen LogP contribution in [0.25, 0.3) is 0 Å². The van der Waals surface area contributed by atoms with E-state index in [2.05, 4.69) is 85.2 Å². The maximum Gasteiger partial charge on any atom is 0.469 e. The fraction of sp³-hybridized carbons (Fsp3) is 0.628. The van der Waals surface area contributed by atoms with E-state index in [9.17, 15) is 14.2 Å². The summed E-state index contributed by atoms with van der Waals surface area (Å²) in [4.78, 5) is 42.8. The molecule has 2 N–H and O–H groups in total. The number of ether oxygens (including phenoxy) is 3. The molecule has 1 aliphatic heterocycles. The van der Waals surface area contributed by atoms with Gasteiger partial charge < -0.3 is 24.0 Å². The van der Waals surface area contributed by atoms with Crippen LogP contribution in [0.2, 0.25) is 0 Å². The third-order valence-corrected chi connectivity index (χ3v) is 8.80. The second-order valence-corrected chi connectivity index (χ2v) is 14.5. The molecule has 3 atom stereocenters. The maximum atomic E-state index is 12.4. The zero-order chi connectivity index (χ0) is 38.7. The summed E-state index contributed by atoms with van der Waals surface area (Å²) in [5.74, 6) is -1.03. The zero-order valence-electron chi connectivity index (χ0n) is 32.6. The second-order valence-electron chi connectivity index (χ2n) is 13.3. The largest absolute Gasteiger partial charge is 0.469 e. The lowest BCUT2D eigenvalue weighted by Crippen LogP contribution is -2.29. The highest BCUT2D eigenvalue weighted by Crippen LogP contribution is 2.36. The number of unbranched alkanes of at least 4 members (excludes halogenated alkanes) is 7. The topological polar surface area (TPSA) is 132 Å². The molecule has 0 aliphatic carbocycles. The SMILES string of the molecule is CCCCC/C=C\C/C=C\C/C=C\C/C=C\CCCC(=O)OC[C@H](COP(=O)(O)O)OC(=O)CCC/C=C\C/C=C\C/C=C\CC1OC1CCCCC. The number of phosphoric ester groups is 1. The zero-order valence-corrected chi connectivity index (χ0v) is 33.5. The van der Waals surface area contributed by atoms with Crippen LogP contribution >= 0.6 is 7.82 Å². The Hall–Kier alpha value is -2.81. The van der Waals surface area contributed by atoms with Crippen molar-refractivity contribution in [3.05, 3.63) is 85.1 Å². The molecule has 0 aromatic carbocycles. The third kappa shape index (κ3) is 33.5. The lowest BCUT2D eigenvalue weighted by atomic mass is 10.1. The summed E-state index contributed by atoms with van der Waals surface area (Å²) < 4.78 is 32.0. The van der Waals surface area contributed by atoms with Crippen molar-refractivity contribution in [1.82, 2.24) is 0 Å². The van der Waals surface area contributed by atoms with E-state index in [0.717, 1.165) is 38.5 Å². The Bertz CT molecular complexity index is 1190. The van der Waals surface area contributed by atoms with Gasteiger partial charge in [-0.25, -0.2) is 4.57 Å². The highest BCUT2D eigenvalue weighted by Gasteiger charge is 2.36. The molecule has 53 heavy (non-hydrogen) atoms. The van der Waals surface area contributed by atoms with Gasteiger partial charge in [-0.05, 0) is 83.5 Å². The first-order chi connectivity index (χ1) is 25.7. The van der Waals surface area contributed by atoms with E-state index >= 15 is 0 Å². The van der Waals surface area contributed by atoms with E-state index < -0.39 is 32.5 Å². The van der Waals surface area contributed by atoms with Gasteiger partial charge in [0.05, 0.1) is 18.8 Å². The van der Waals surface area contributed by atoms with Crippen LogP contribution in [0.15, 0.2) is 85.1 Å². The predicted octanol–water partition coefficient (Wildman–Crippen LogP) is 11.1. The van der Waals surface area contributed by atoms with E-state index in [4.69, 9.17) is 24.0 Å². The molecule has 9 nitrogen and oxygen atoms in total. The van der Waals surface area contributed by atoms with E-state index in [1.165, 1.54) is 51.4 Å². The van der Waals surface area contributed by atoms with Crippen LogP contribution in [0.1, 0.15) is 142 Å². The van der Waals surface area contributed by atoms with Gasteiger partial charge in [0.25, 0.3) is 0 Å². The van der Waals surface area contributed by atoms with Crippen molar-refractivity contribution < 1.29 is 42.7 Å². The van der Waals surface area contributed by atoms with Crippen molar-refractivity contribution in [2.75, 3.05) is 13.2 Å². The molecule has 0 radical (unpaired) electrons. The minimum Gasteiger partial charge on any atom is -0.462 e. The second kappa shape index (κ2) is 33.7. The first-order valence-electron chi connectivity index (χ1n) is 20.0. The number of epoxide rings is 1. The van der Waals surface area contributed by atoms with Gasteiger partial charge >= 0.3 is 19.8 Å². The van der Waals surface area contributed by atoms with E-state index in [1.54, 1.807) is 0 Å². The van der Waals surface area contributed by atoms with E-state index in [0.29, 0.717) is 37.9 Å². The maximum absolute atomic E-state index is 12.4. The number of hydrogen-bond acceptors (Lipinski definition) is 7. The Balaban J connectivity index is 2.17. The Kier molecular flexibility index (Phi) is 30.7. The Morgan fingerprint density at radius 2 is 1.08 bits per heavy atom. The molecule has 0 spiro atoms. The Morgan fingerprint density at radius 3 is 1.60 bits per heavy atom. The van der Waals surface area contributed by atoms with Gasteiger partial charge in [-0.3, -0.25) is 14.1 Å². The average Bonchev–Trinajstić information content (AvgIpc) is 3.88. The van der Waals surface area contributed by atoms with Crippen molar-refractivity contribution in [2.45, 2.75) is 161 Å². The van der Waals surface area contributed by atoms with E-state index in [-0.39, 0.29) is 19.4 Å². The third-order valence-electron chi connectivity index (χ3n) is 8.31. The van der Waals surface area contributed by atoms with Crippen molar-refractivity contribution in [2.24, 2.45) is 0 Å². The lowest BCUT2D eigenvalue weighted by Gasteiger charge is -2.18. The van der Waals surface area contributed by atoms with Crippen LogP contribution in [0.4, 0.5) is 0 Å². The number of allylic oxidation sites excluding steroid dienone is 13. The summed E-state index contributed by atoms with van der Waals surface area (Å²) in [5.41, 5.74) is 0. The summed E-state index contributed by atoms with van der Waals surface area (Å²) in [6.07, 6.45) is 47.7. The van der Waals surface area contributed by atoms with Gasteiger partial charge in [-0.1, -0.05) is 131 Å². The average molecular weight is 761 g/mol. The monoisotopic (exact) mass is 760 g/mol. The molecule has 300 valence electrons. The van der Waals surface area contributed by atoms with E-state index in [1.807, 2.05) is 18.2 Å². The number of phosphoric acid groups is 1. The highest BCUT2D eigenvalue weighted by atomic mass is 31.2. The fourth-order valence-electron chi connectivity index (χ4n) is 5.21. The standard InChI is InChI=1S/C43H69O9P/c1-3-5-7-8-9-10-11-12-13-14-15-16-17-21-24-27-31-35-42(44)49-37-39(38-50-53(46,47)48)51-43(45)36-32-28-25-22-19-18-20-23-26-30-34-41-40(52-41)33-29-6-4-2/h9-10,12-13,15-16,18,20-22,24-26,30,39-41H,3-8,11,14,17,19,23,27-29,31-38H2,1-2H3,(H2,46,47,48)/b10-9-,13-12-,16-15-,20-18-,24-21-,25-22-,30-26-/t39-,40?,41?/m1/s1. The molecule has 1 heterocycles. The van der Waals surface area contributed by atoms with Gasteiger partial charge in [-0.15, -0.1) is 0 Å². The normalized spacial score (nSPS) is 17.2. The molecule has 0 saturated carbocycles. The molecule has 10 heteroatoms. The quantitative estimate of drug-likeness (QED) is 0.0216. The Labute approximate surface area is 320 Å². The number of carbonyl (C=O) groups is 2. The smallest absolute Gasteiger partial charge is 0.462 e. The van der Waals surface area contributed by atoms with Gasteiger partial charge in [0, 0.05) is 12.8 Å². The minimum absolute atomic E-state index is 0.116. The minimum atomic E-state index is -4.79. The van der Waals surface area contributed by atoms with Crippen LogP contribution in [0.5, 0.6) is 0 Å². The number of hydrogen-bond donors (Lipinski definition) is 2.